The monoisotopic (exact) mass is 275 g/mol. The molecule has 1 N–H and O–H groups in total. The van der Waals surface area contributed by atoms with Crippen molar-refractivity contribution >= 4 is 11.4 Å². The van der Waals surface area contributed by atoms with Crippen molar-refractivity contribution in [2.75, 3.05) is 17.3 Å². The zero-order chi connectivity index (χ0) is 14.7. The van der Waals surface area contributed by atoms with Gasteiger partial charge in [-0.05, 0) is 44.2 Å². The summed E-state index contributed by atoms with van der Waals surface area (Å²) in [4.78, 5) is 1.93. The molecule has 1 heterocycles. The molecule has 0 spiro atoms. The lowest BCUT2D eigenvalue weighted by atomic mass is 10.2. The molecule has 0 saturated heterocycles. The van der Waals surface area contributed by atoms with Gasteiger partial charge in [0.1, 0.15) is 5.82 Å². The van der Waals surface area contributed by atoms with Gasteiger partial charge in [-0.3, -0.25) is 0 Å². The van der Waals surface area contributed by atoms with E-state index in [2.05, 4.69) is 5.32 Å². The number of hydrogen-bond donors (Lipinski definition) is 1. The molecule has 2 rings (SSSR count). The van der Waals surface area contributed by atoms with Gasteiger partial charge in [-0.1, -0.05) is 0 Å². The molecule has 0 atom stereocenters. The van der Waals surface area contributed by atoms with Gasteiger partial charge >= 0.3 is 0 Å². The molecule has 1 aromatic carbocycles. The van der Waals surface area contributed by atoms with Gasteiger partial charge in [-0.25, -0.2) is 4.39 Å². The van der Waals surface area contributed by atoms with Crippen molar-refractivity contribution in [2.45, 2.75) is 26.4 Å². The van der Waals surface area contributed by atoms with E-state index in [0.29, 0.717) is 12.2 Å². The fourth-order valence-corrected chi connectivity index (χ4v) is 2.05. The van der Waals surface area contributed by atoms with E-state index in [4.69, 9.17) is 0 Å². The van der Waals surface area contributed by atoms with Crippen molar-refractivity contribution in [2.24, 2.45) is 7.05 Å². The van der Waals surface area contributed by atoms with Gasteiger partial charge in [0.05, 0.1) is 12.2 Å². The second-order valence-corrected chi connectivity index (χ2v) is 5.33. The highest BCUT2D eigenvalue weighted by molar-refractivity contribution is 5.56. The number of hydrogen-bond acceptors (Lipinski definition) is 2. The van der Waals surface area contributed by atoms with Crippen molar-refractivity contribution in [1.29, 1.82) is 0 Å². The van der Waals surface area contributed by atoms with E-state index >= 15 is 0 Å². The Morgan fingerprint density at radius 3 is 2.60 bits per heavy atom. The van der Waals surface area contributed by atoms with Crippen molar-refractivity contribution in [3.8, 4) is 0 Å². The fourth-order valence-electron chi connectivity index (χ4n) is 2.05. The van der Waals surface area contributed by atoms with Gasteiger partial charge in [0.15, 0.2) is 0 Å². The van der Waals surface area contributed by atoms with Gasteiger partial charge in [0, 0.05) is 37.7 Å². The lowest BCUT2D eigenvalue weighted by Gasteiger charge is -2.24. The van der Waals surface area contributed by atoms with Crippen LogP contribution in [0.1, 0.15) is 19.5 Å². The van der Waals surface area contributed by atoms with E-state index in [0.717, 1.165) is 11.4 Å². The van der Waals surface area contributed by atoms with E-state index < -0.39 is 0 Å². The van der Waals surface area contributed by atoms with E-state index in [1.54, 1.807) is 6.07 Å². The van der Waals surface area contributed by atoms with Crippen LogP contribution in [-0.2, 0) is 13.6 Å². The molecule has 1 aromatic heterocycles. The van der Waals surface area contributed by atoms with Crippen LogP contribution in [0.2, 0.25) is 0 Å². The maximum Gasteiger partial charge on any atom is 0.148 e. The molecule has 0 aliphatic carbocycles. The van der Waals surface area contributed by atoms with Crippen LogP contribution in [0.25, 0.3) is 0 Å². The Balaban J connectivity index is 2.07. The topological polar surface area (TPSA) is 20.2 Å². The van der Waals surface area contributed by atoms with Crippen LogP contribution in [0.15, 0.2) is 36.5 Å². The van der Waals surface area contributed by atoms with Crippen molar-refractivity contribution in [1.82, 2.24) is 4.57 Å². The van der Waals surface area contributed by atoms with Crippen LogP contribution in [-0.4, -0.2) is 17.7 Å². The Hall–Kier alpha value is -1.97. The zero-order valence-electron chi connectivity index (χ0n) is 12.5. The average Bonchev–Trinajstić information content (AvgIpc) is 2.81. The third-order valence-electron chi connectivity index (χ3n) is 3.63. The number of halogens is 1. The first-order valence-electron chi connectivity index (χ1n) is 6.85. The number of aromatic nitrogens is 1. The number of aryl methyl sites for hydroxylation is 1. The van der Waals surface area contributed by atoms with Crippen LogP contribution in [0.4, 0.5) is 15.8 Å². The first-order chi connectivity index (χ1) is 9.49. The first-order valence-corrected chi connectivity index (χ1v) is 6.85. The largest absolute Gasteiger partial charge is 0.379 e. The van der Waals surface area contributed by atoms with Crippen molar-refractivity contribution < 1.29 is 4.39 Å². The van der Waals surface area contributed by atoms with E-state index in [1.807, 2.05) is 67.9 Å². The fraction of sp³-hybridized carbons (Fsp3) is 0.375. The molecule has 0 unspecified atom stereocenters. The quantitative estimate of drug-likeness (QED) is 0.899. The number of anilines is 2. The minimum Gasteiger partial charge on any atom is -0.379 e. The van der Waals surface area contributed by atoms with Gasteiger partial charge in [0.2, 0.25) is 0 Å². The summed E-state index contributed by atoms with van der Waals surface area (Å²) in [5.74, 6) is -0.196. The van der Waals surface area contributed by atoms with Gasteiger partial charge in [-0.15, -0.1) is 0 Å². The Kier molecular flexibility index (Phi) is 4.32. The van der Waals surface area contributed by atoms with E-state index in [1.165, 1.54) is 0 Å². The molecule has 0 amide bonds. The molecule has 3 nitrogen and oxygen atoms in total. The molecule has 2 aromatic rings. The summed E-state index contributed by atoms with van der Waals surface area (Å²) in [7, 11) is 3.90. The van der Waals surface area contributed by atoms with E-state index in [9.17, 15) is 4.39 Å². The number of nitrogens with one attached hydrogen (secondary N) is 1. The minimum atomic E-state index is -0.196. The SMILES string of the molecule is CC(C)N(C)c1ccc(NCc2cccn2C)cc1F. The molecule has 0 saturated carbocycles. The number of benzene rings is 1. The summed E-state index contributed by atoms with van der Waals surface area (Å²) in [6.45, 7) is 4.77. The Morgan fingerprint density at radius 1 is 1.30 bits per heavy atom. The molecule has 0 bridgehead atoms. The summed E-state index contributed by atoms with van der Waals surface area (Å²) in [5, 5.41) is 3.24. The predicted molar refractivity (Wildman–Crippen MR) is 82.7 cm³/mol. The normalized spacial score (nSPS) is 10.9. The third kappa shape index (κ3) is 3.13. The summed E-state index contributed by atoms with van der Waals surface area (Å²) < 4.78 is 16.2. The third-order valence-corrected chi connectivity index (χ3v) is 3.63. The lowest BCUT2D eigenvalue weighted by molar-refractivity contribution is 0.614. The molecular formula is C16H22FN3. The van der Waals surface area contributed by atoms with Crippen LogP contribution in [0, 0.1) is 5.82 Å². The highest BCUT2D eigenvalue weighted by atomic mass is 19.1. The number of rotatable bonds is 5. The van der Waals surface area contributed by atoms with Gasteiger partial charge in [-0.2, -0.15) is 0 Å². The molecule has 20 heavy (non-hydrogen) atoms. The molecule has 0 aliphatic rings. The molecule has 4 heteroatoms. The number of nitrogens with zero attached hydrogens (tertiary/aromatic N) is 2. The predicted octanol–water partition coefficient (Wildman–Crippen LogP) is 3.62. The Morgan fingerprint density at radius 2 is 2.05 bits per heavy atom. The van der Waals surface area contributed by atoms with Crippen LogP contribution >= 0.6 is 0 Å². The maximum atomic E-state index is 14.1. The molecule has 0 radical (unpaired) electrons. The highest BCUT2D eigenvalue weighted by Gasteiger charge is 2.11. The molecular weight excluding hydrogens is 253 g/mol. The minimum absolute atomic E-state index is 0.196. The maximum absolute atomic E-state index is 14.1. The molecule has 0 aliphatic heterocycles. The second kappa shape index (κ2) is 5.99. The lowest BCUT2D eigenvalue weighted by Crippen LogP contribution is -2.26. The van der Waals surface area contributed by atoms with Gasteiger partial charge in [0.25, 0.3) is 0 Å². The second-order valence-electron chi connectivity index (χ2n) is 5.33. The van der Waals surface area contributed by atoms with Crippen molar-refractivity contribution in [3.05, 3.63) is 48.0 Å². The smallest absolute Gasteiger partial charge is 0.148 e. The summed E-state index contributed by atoms with van der Waals surface area (Å²) in [6, 6.07) is 9.61. The van der Waals surface area contributed by atoms with Crippen LogP contribution in [0.5, 0.6) is 0 Å². The Bertz CT molecular complexity index is 575. The molecule has 108 valence electrons. The van der Waals surface area contributed by atoms with Gasteiger partial charge < -0.3 is 14.8 Å². The first kappa shape index (κ1) is 14.4. The summed E-state index contributed by atoms with van der Waals surface area (Å²) >= 11 is 0. The summed E-state index contributed by atoms with van der Waals surface area (Å²) in [5.41, 5.74) is 2.59. The van der Waals surface area contributed by atoms with Crippen LogP contribution < -0.4 is 10.2 Å². The van der Waals surface area contributed by atoms with Crippen molar-refractivity contribution in [3.63, 3.8) is 0 Å². The summed E-state index contributed by atoms with van der Waals surface area (Å²) in [6.07, 6.45) is 2.00. The Labute approximate surface area is 120 Å². The average molecular weight is 275 g/mol. The molecule has 0 fully saturated rings. The van der Waals surface area contributed by atoms with E-state index in [-0.39, 0.29) is 11.9 Å². The van der Waals surface area contributed by atoms with Crippen LogP contribution in [0.3, 0.4) is 0 Å². The standard InChI is InChI=1S/C16H22FN3/c1-12(2)20(4)16-8-7-13(10-15(16)17)18-11-14-6-5-9-19(14)3/h5-10,12,18H,11H2,1-4H3. The highest BCUT2D eigenvalue weighted by Crippen LogP contribution is 2.23. The zero-order valence-corrected chi connectivity index (χ0v) is 12.5.